The lowest BCUT2D eigenvalue weighted by Crippen LogP contribution is -2.26. The molecule has 8 heteroatoms. The van der Waals surface area contributed by atoms with Gasteiger partial charge in [-0.05, 0) is 42.8 Å². The summed E-state index contributed by atoms with van der Waals surface area (Å²) in [6.45, 7) is -1.24. The summed E-state index contributed by atoms with van der Waals surface area (Å²) in [4.78, 5) is 12.4. The fraction of sp³-hybridized carbons (Fsp3) is 0.235. The number of halogens is 2. The minimum absolute atomic E-state index is 0.104. The topological polar surface area (TPSA) is 72.5 Å². The van der Waals surface area contributed by atoms with Gasteiger partial charge in [0.1, 0.15) is 5.75 Å². The predicted octanol–water partition coefficient (Wildman–Crippen LogP) is 3.18. The second-order valence-electron chi connectivity index (χ2n) is 5.44. The van der Waals surface area contributed by atoms with Gasteiger partial charge in [0.2, 0.25) is 0 Å². The first-order chi connectivity index (χ1) is 11.7. The molecule has 0 heterocycles. The Bertz CT molecular complexity index is 851. The zero-order valence-corrected chi connectivity index (χ0v) is 14.4. The number of sulfone groups is 1. The third-order valence-corrected chi connectivity index (χ3v) is 4.61. The van der Waals surface area contributed by atoms with Crippen molar-refractivity contribution >= 4 is 15.7 Å². The third-order valence-electron chi connectivity index (χ3n) is 3.48. The molecule has 1 atom stereocenters. The lowest BCUT2D eigenvalue weighted by Gasteiger charge is -2.15. The predicted molar refractivity (Wildman–Crippen MR) is 88.5 cm³/mol. The van der Waals surface area contributed by atoms with E-state index < -0.39 is 28.4 Å². The maximum absolute atomic E-state index is 12.2. The van der Waals surface area contributed by atoms with E-state index in [0.717, 1.165) is 6.26 Å². The van der Waals surface area contributed by atoms with Gasteiger partial charge in [-0.25, -0.2) is 8.42 Å². The van der Waals surface area contributed by atoms with Crippen LogP contribution >= 0.6 is 0 Å². The fourth-order valence-electron chi connectivity index (χ4n) is 2.18. The Morgan fingerprint density at radius 3 is 2.32 bits per heavy atom. The molecule has 0 radical (unpaired) electrons. The molecular weight excluding hydrogens is 352 g/mol. The Morgan fingerprint density at radius 1 is 1.12 bits per heavy atom. The number of benzene rings is 2. The summed E-state index contributed by atoms with van der Waals surface area (Å²) in [7, 11) is -3.29. The van der Waals surface area contributed by atoms with E-state index in [9.17, 15) is 22.0 Å². The SMILES string of the molecule is C[C@H](NC(=O)c1cccc(OC(F)F)c1)c1ccc(S(C)(=O)=O)cc1. The first-order valence-corrected chi connectivity index (χ1v) is 9.21. The highest BCUT2D eigenvalue weighted by Crippen LogP contribution is 2.19. The average Bonchev–Trinajstić information content (AvgIpc) is 2.53. The van der Waals surface area contributed by atoms with Crippen LogP contribution in [0, 0.1) is 0 Å². The summed E-state index contributed by atoms with van der Waals surface area (Å²) in [6, 6.07) is 11.2. The molecule has 0 aliphatic carbocycles. The van der Waals surface area contributed by atoms with Crippen molar-refractivity contribution in [3.8, 4) is 5.75 Å². The summed E-state index contributed by atoms with van der Waals surface area (Å²) in [6.07, 6.45) is 1.11. The fourth-order valence-corrected chi connectivity index (χ4v) is 2.81. The molecule has 2 aromatic rings. The highest BCUT2D eigenvalue weighted by molar-refractivity contribution is 7.90. The van der Waals surface area contributed by atoms with Crippen molar-refractivity contribution in [3.63, 3.8) is 0 Å². The van der Waals surface area contributed by atoms with Crippen molar-refractivity contribution in [3.05, 3.63) is 59.7 Å². The summed E-state index contributed by atoms with van der Waals surface area (Å²) in [5, 5.41) is 2.72. The maximum Gasteiger partial charge on any atom is 0.387 e. The van der Waals surface area contributed by atoms with Crippen molar-refractivity contribution < 1.29 is 26.7 Å². The number of carbonyl (C=O) groups is 1. The van der Waals surface area contributed by atoms with E-state index in [1.54, 1.807) is 19.1 Å². The first kappa shape index (κ1) is 18.9. The third kappa shape index (κ3) is 5.25. The largest absolute Gasteiger partial charge is 0.435 e. The van der Waals surface area contributed by atoms with Crippen LogP contribution < -0.4 is 10.1 Å². The lowest BCUT2D eigenvalue weighted by atomic mass is 10.1. The molecule has 0 aliphatic rings. The number of hydrogen-bond donors (Lipinski definition) is 1. The van der Waals surface area contributed by atoms with Crippen LogP contribution in [0.15, 0.2) is 53.4 Å². The molecule has 5 nitrogen and oxygen atoms in total. The van der Waals surface area contributed by atoms with Gasteiger partial charge >= 0.3 is 6.61 Å². The molecule has 0 bridgehead atoms. The van der Waals surface area contributed by atoms with E-state index >= 15 is 0 Å². The molecule has 0 fully saturated rings. The van der Waals surface area contributed by atoms with E-state index in [2.05, 4.69) is 10.1 Å². The molecule has 0 aliphatic heterocycles. The van der Waals surface area contributed by atoms with Crippen LogP contribution in [-0.4, -0.2) is 27.2 Å². The van der Waals surface area contributed by atoms with Crippen molar-refractivity contribution in [2.45, 2.75) is 24.5 Å². The maximum atomic E-state index is 12.2. The monoisotopic (exact) mass is 369 g/mol. The molecule has 0 saturated carbocycles. The van der Waals surface area contributed by atoms with Gasteiger partial charge < -0.3 is 10.1 Å². The Kier molecular flexibility index (Phi) is 5.73. The zero-order chi connectivity index (χ0) is 18.6. The second-order valence-corrected chi connectivity index (χ2v) is 7.46. The molecule has 1 amide bonds. The average molecular weight is 369 g/mol. The van der Waals surface area contributed by atoms with Crippen molar-refractivity contribution in [1.29, 1.82) is 0 Å². The highest BCUT2D eigenvalue weighted by atomic mass is 32.2. The molecule has 0 unspecified atom stereocenters. The zero-order valence-electron chi connectivity index (χ0n) is 13.6. The van der Waals surface area contributed by atoms with E-state index in [4.69, 9.17) is 0 Å². The first-order valence-electron chi connectivity index (χ1n) is 7.32. The molecule has 0 spiro atoms. The summed E-state index contributed by atoms with van der Waals surface area (Å²) in [5.74, 6) is -0.563. The minimum atomic E-state index is -3.29. The van der Waals surface area contributed by atoms with Crippen LogP contribution in [0.5, 0.6) is 5.75 Å². The Balaban J connectivity index is 2.09. The van der Waals surface area contributed by atoms with E-state index in [1.165, 1.54) is 36.4 Å². The Hall–Kier alpha value is -2.48. The normalized spacial score (nSPS) is 12.7. The minimum Gasteiger partial charge on any atom is -0.435 e. The van der Waals surface area contributed by atoms with Crippen LogP contribution in [0.25, 0.3) is 0 Å². The molecule has 0 aromatic heterocycles. The molecule has 134 valence electrons. The Morgan fingerprint density at radius 2 is 1.76 bits per heavy atom. The summed E-state index contributed by atoms with van der Waals surface area (Å²) in [5.41, 5.74) is 0.887. The number of hydrogen-bond acceptors (Lipinski definition) is 4. The van der Waals surface area contributed by atoms with Crippen molar-refractivity contribution in [1.82, 2.24) is 5.32 Å². The van der Waals surface area contributed by atoms with Crippen LogP contribution in [0.3, 0.4) is 0 Å². The number of carbonyl (C=O) groups excluding carboxylic acids is 1. The number of rotatable bonds is 6. The van der Waals surface area contributed by atoms with Gasteiger partial charge in [-0.2, -0.15) is 8.78 Å². The summed E-state index contributed by atoms with van der Waals surface area (Å²) >= 11 is 0. The highest BCUT2D eigenvalue weighted by Gasteiger charge is 2.14. The van der Waals surface area contributed by atoms with Crippen LogP contribution in [0.4, 0.5) is 8.78 Å². The van der Waals surface area contributed by atoms with Crippen LogP contribution in [0.1, 0.15) is 28.9 Å². The van der Waals surface area contributed by atoms with Gasteiger partial charge in [0.05, 0.1) is 10.9 Å². The van der Waals surface area contributed by atoms with E-state index in [0.29, 0.717) is 5.56 Å². The van der Waals surface area contributed by atoms with Gasteiger partial charge in [-0.1, -0.05) is 18.2 Å². The number of nitrogens with one attached hydrogen (secondary N) is 1. The van der Waals surface area contributed by atoms with E-state index in [-0.39, 0.29) is 16.2 Å². The number of alkyl halides is 2. The number of ether oxygens (including phenoxy) is 1. The van der Waals surface area contributed by atoms with Crippen molar-refractivity contribution in [2.24, 2.45) is 0 Å². The van der Waals surface area contributed by atoms with Gasteiger partial charge in [0.25, 0.3) is 5.91 Å². The van der Waals surface area contributed by atoms with Gasteiger partial charge in [0.15, 0.2) is 9.84 Å². The lowest BCUT2D eigenvalue weighted by molar-refractivity contribution is -0.0498. The molecule has 0 saturated heterocycles. The van der Waals surface area contributed by atoms with Gasteiger partial charge in [-0.15, -0.1) is 0 Å². The van der Waals surface area contributed by atoms with E-state index in [1.807, 2.05) is 0 Å². The van der Waals surface area contributed by atoms with Gasteiger partial charge in [-0.3, -0.25) is 4.79 Å². The molecule has 25 heavy (non-hydrogen) atoms. The molecular formula is C17H17F2NO4S. The van der Waals surface area contributed by atoms with Crippen LogP contribution in [-0.2, 0) is 9.84 Å². The smallest absolute Gasteiger partial charge is 0.387 e. The summed E-state index contributed by atoms with van der Waals surface area (Å²) < 4.78 is 51.6. The molecule has 2 aromatic carbocycles. The molecule has 1 N–H and O–H groups in total. The standard InChI is InChI=1S/C17H17F2NO4S/c1-11(12-6-8-15(9-7-12)25(2,22)23)20-16(21)13-4-3-5-14(10-13)24-17(18)19/h3-11,17H,1-2H3,(H,20,21)/t11-/m0/s1. The molecule has 2 rings (SSSR count). The van der Waals surface area contributed by atoms with Crippen molar-refractivity contribution in [2.75, 3.05) is 6.26 Å². The van der Waals surface area contributed by atoms with Gasteiger partial charge in [0, 0.05) is 11.8 Å². The number of amides is 1. The Labute approximate surface area is 144 Å². The quantitative estimate of drug-likeness (QED) is 0.849. The van der Waals surface area contributed by atoms with Crippen LogP contribution in [0.2, 0.25) is 0 Å². The second kappa shape index (κ2) is 7.60.